The Bertz CT molecular complexity index is 496. The first kappa shape index (κ1) is 12.8. The fourth-order valence-corrected chi connectivity index (χ4v) is 2.47. The van der Waals surface area contributed by atoms with Crippen LogP contribution in [0.2, 0.25) is 0 Å². The minimum atomic E-state index is -0.618. The van der Waals surface area contributed by atoms with E-state index in [-0.39, 0.29) is 11.9 Å². The van der Waals surface area contributed by atoms with Gasteiger partial charge in [0.05, 0.1) is 6.04 Å². The predicted octanol–water partition coefficient (Wildman–Crippen LogP) is 2.63. The topological polar surface area (TPSA) is 55.1 Å². The molecule has 0 aliphatic carbocycles. The smallest absolute Gasteiger partial charge is 0.241 e. The zero-order valence-electron chi connectivity index (χ0n) is 10.2. The third-order valence-corrected chi connectivity index (χ3v) is 3.54. The van der Waals surface area contributed by atoms with Crippen LogP contribution in [0, 0.1) is 0 Å². The van der Waals surface area contributed by atoms with E-state index >= 15 is 0 Å². The lowest BCUT2D eigenvalue weighted by Gasteiger charge is -2.17. The first-order chi connectivity index (χ1) is 8.68. The van der Waals surface area contributed by atoms with E-state index in [0.29, 0.717) is 0 Å². The molecule has 2 atom stereocenters. The minimum absolute atomic E-state index is 0.0153. The second-order valence-corrected chi connectivity index (χ2v) is 4.96. The van der Waals surface area contributed by atoms with Gasteiger partial charge in [0.15, 0.2) is 0 Å². The molecule has 1 aromatic heterocycles. The third kappa shape index (κ3) is 2.97. The number of hydrogen-bond donors (Lipinski definition) is 2. The van der Waals surface area contributed by atoms with Crippen LogP contribution in [0.15, 0.2) is 47.2 Å². The van der Waals surface area contributed by atoms with Crippen LogP contribution in [-0.4, -0.2) is 5.91 Å². The van der Waals surface area contributed by atoms with Gasteiger partial charge >= 0.3 is 0 Å². The lowest BCUT2D eigenvalue weighted by molar-refractivity contribution is -0.123. The maximum Gasteiger partial charge on any atom is 0.241 e. The van der Waals surface area contributed by atoms with E-state index in [1.54, 1.807) is 11.3 Å². The van der Waals surface area contributed by atoms with Crippen molar-refractivity contribution in [2.45, 2.75) is 19.0 Å². The average Bonchev–Trinajstić information content (AvgIpc) is 2.92. The highest BCUT2D eigenvalue weighted by atomic mass is 32.1. The largest absolute Gasteiger partial charge is 0.348 e. The summed E-state index contributed by atoms with van der Waals surface area (Å²) in [4.78, 5) is 12.0. The summed E-state index contributed by atoms with van der Waals surface area (Å²) in [5.41, 5.74) is 7.86. The second-order valence-electron chi connectivity index (χ2n) is 4.18. The molecular formula is C14H16N2OS. The molecule has 0 aliphatic rings. The Kier molecular flexibility index (Phi) is 4.12. The Morgan fingerprint density at radius 3 is 2.56 bits per heavy atom. The molecule has 4 heteroatoms. The number of amides is 1. The molecule has 2 aromatic rings. The van der Waals surface area contributed by atoms with Gasteiger partial charge in [0.25, 0.3) is 0 Å². The standard InChI is InChI=1S/C14H16N2OS/c1-10(12-7-8-18-9-12)16-14(17)13(15)11-5-3-2-4-6-11/h2-10,13H,15H2,1H3,(H,16,17)/t10?,13-/m0/s1. The van der Waals surface area contributed by atoms with Crippen molar-refractivity contribution in [2.24, 2.45) is 5.73 Å². The molecule has 0 bridgehead atoms. The minimum Gasteiger partial charge on any atom is -0.348 e. The van der Waals surface area contributed by atoms with Gasteiger partial charge in [0, 0.05) is 0 Å². The first-order valence-electron chi connectivity index (χ1n) is 5.81. The van der Waals surface area contributed by atoms with Gasteiger partial charge in [-0.3, -0.25) is 4.79 Å². The van der Waals surface area contributed by atoms with E-state index in [1.807, 2.05) is 54.1 Å². The van der Waals surface area contributed by atoms with Crippen LogP contribution in [-0.2, 0) is 4.79 Å². The normalized spacial score (nSPS) is 13.9. The number of benzene rings is 1. The molecule has 1 heterocycles. The molecule has 3 nitrogen and oxygen atoms in total. The predicted molar refractivity (Wildman–Crippen MR) is 74.2 cm³/mol. The second kappa shape index (κ2) is 5.80. The van der Waals surface area contributed by atoms with Gasteiger partial charge in [0.2, 0.25) is 5.91 Å². The molecule has 1 amide bonds. The molecule has 1 unspecified atom stereocenters. The van der Waals surface area contributed by atoms with Crippen molar-refractivity contribution in [2.75, 3.05) is 0 Å². The molecule has 3 N–H and O–H groups in total. The highest BCUT2D eigenvalue weighted by Gasteiger charge is 2.18. The average molecular weight is 260 g/mol. The van der Waals surface area contributed by atoms with Gasteiger partial charge in [0.1, 0.15) is 6.04 Å². The Labute approximate surface area is 111 Å². The summed E-state index contributed by atoms with van der Waals surface area (Å²) in [7, 11) is 0. The van der Waals surface area contributed by atoms with Crippen molar-refractivity contribution < 1.29 is 4.79 Å². The SMILES string of the molecule is CC(NC(=O)[C@@H](N)c1ccccc1)c1ccsc1. The molecule has 0 saturated carbocycles. The number of carbonyl (C=O) groups excluding carboxylic acids is 1. The maximum atomic E-state index is 12.0. The van der Waals surface area contributed by atoms with Crippen LogP contribution in [0.3, 0.4) is 0 Å². The summed E-state index contributed by atoms with van der Waals surface area (Å²) in [6, 6.07) is 10.8. The van der Waals surface area contributed by atoms with Crippen molar-refractivity contribution in [3.8, 4) is 0 Å². The summed E-state index contributed by atoms with van der Waals surface area (Å²) in [5, 5.41) is 6.95. The van der Waals surface area contributed by atoms with E-state index in [9.17, 15) is 4.79 Å². The molecular weight excluding hydrogens is 244 g/mol. The van der Waals surface area contributed by atoms with E-state index in [1.165, 1.54) is 0 Å². The van der Waals surface area contributed by atoms with Crippen LogP contribution in [0.1, 0.15) is 30.1 Å². The molecule has 2 rings (SSSR count). The van der Waals surface area contributed by atoms with Gasteiger partial charge in [-0.05, 0) is 34.9 Å². The number of nitrogens with two attached hydrogens (primary N) is 1. The van der Waals surface area contributed by atoms with Gasteiger partial charge in [-0.25, -0.2) is 0 Å². The monoisotopic (exact) mass is 260 g/mol. The number of rotatable bonds is 4. The van der Waals surface area contributed by atoms with Crippen LogP contribution in [0.5, 0.6) is 0 Å². The highest BCUT2D eigenvalue weighted by Crippen LogP contribution is 2.17. The van der Waals surface area contributed by atoms with E-state index in [0.717, 1.165) is 11.1 Å². The molecule has 0 radical (unpaired) electrons. The van der Waals surface area contributed by atoms with Crippen molar-refractivity contribution in [3.63, 3.8) is 0 Å². The molecule has 0 aliphatic heterocycles. The van der Waals surface area contributed by atoms with Gasteiger partial charge in [-0.15, -0.1) is 0 Å². The Morgan fingerprint density at radius 2 is 1.94 bits per heavy atom. The van der Waals surface area contributed by atoms with Crippen molar-refractivity contribution in [1.29, 1.82) is 0 Å². The molecule has 94 valence electrons. The van der Waals surface area contributed by atoms with E-state index in [4.69, 9.17) is 5.73 Å². The van der Waals surface area contributed by atoms with Crippen LogP contribution >= 0.6 is 11.3 Å². The number of nitrogens with one attached hydrogen (secondary N) is 1. The lowest BCUT2D eigenvalue weighted by atomic mass is 10.1. The summed E-state index contributed by atoms with van der Waals surface area (Å²) < 4.78 is 0. The summed E-state index contributed by atoms with van der Waals surface area (Å²) in [5.74, 6) is -0.153. The third-order valence-electron chi connectivity index (χ3n) is 2.84. The Morgan fingerprint density at radius 1 is 1.22 bits per heavy atom. The summed E-state index contributed by atoms with van der Waals surface area (Å²) in [6.07, 6.45) is 0. The number of carbonyl (C=O) groups is 1. The van der Waals surface area contributed by atoms with E-state index in [2.05, 4.69) is 5.32 Å². The van der Waals surface area contributed by atoms with Crippen LogP contribution < -0.4 is 11.1 Å². The molecule has 0 spiro atoms. The highest BCUT2D eigenvalue weighted by molar-refractivity contribution is 7.07. The van der Waals surface area contributed by atoms with Crippen molar-refractivity contribution in [3.05, 3.63) is 58.3 Å². The number of thiophene rings is 1. The van der Waals surface area contributed by atoms with Crippen molar-refractivity contribution in [1.82, 2.24) is 5.32 Å². The van der Waals surface area contributed by atoms with Crippen LogP contribution in [0.25, 0.3) is 0 Å². The molecule has 1 aromatic carbocycles. The first-order valence-corrected chi connectivity index (χ1v) is 6.76. The van der Waals surface area contributed by atoms with Gasteiger partial charge in [-0.2, -0.15) is 11.3 Å². The number of hydrogen-bond acceptors (Lipinski definition) is 3. The zero-order valence-corrected chi connectivity index (χ0v) is 11.0. The fourth-order valence-electron chi connectivity index (χ4n) is 1.72. The molecule has 0 fully saturated rings. The molecule has 0 saturated heterocycles. The zero-order chi connectivity index (χ0) is 13.0. The van der Waals surface area contributed by atoms with Gasteiger partial charge in [-0.1, -0.05) is 30.3 Å². The summed E-state index contributed by atoms with van der Waals surface area (Å²) in [6.45, 7) is 1.96. The Hall–Kier alpha value is -1.65. The molecule has 18 heavy (non-hydrogen) atoms. The van der Waals surface area contributed by atoms with Crippen molar-refractivity contribution >= 4 is 17.2 Å². The van der Waals surface area contributed by atoms with E-state index < -0.39 is 6.04 Å². The van der Waals surface area contributed by atoms with Gasteiger partial charge < -0.3 is 11.1 Å². The van der Waals surface area contributed by atoms with Crippen LogP contribution in [0.4, 0.5) is 0 Å². The quantitative estimate of drug-likeness (QED) is 0.888. The fraction of sp³-hybridized carbons (Fsp3) is 0.214. The summed E-state index contributed by atoms with van der Waals surface area (Å²) >= 11 is 1.62. The Balaban J connectivity index is 2.00. The lowest BCUT2D eigenvalue weighted by Crippen LogP contribution is -2.35. The maximum absolute atomic E-state index is 12.0.